The first-order valence-electron chi connectivity index (χ1n) is 6.63. The van der Waals surface area contributed by atoms with E-state index in [1.165, 1.54) is 5.39 Å². The van der Waals surface area contributed by atoms with Crippen molar-refractivity contribution in [2.24, 2.45) is 0 Å². The minimum absolute atomic E-state index is 0.499. The summed E-state index contributed by atoms with van der Waals surface area (Å²) in [6, 6.07) is 23.4. The van der Waals surface area contributed by atoms with Crippen molar-refractivity contribution in [2.45, 2.75) is 0 Å². The summed E-state index contributed by atoms with van der Waals surface area (Å²) in [6.45, 7) is 3.97. The second-order valence-electron chi connectivity index (χ2n) is 4.70. The van der Waals surface area contributed by atoms with Crippen LogP contribution in [-0.2, 0) is 0 Å². The summed E-state index contributed by atoms with van der Waals surface area (Å²) in [5.74, 6) is 1.06. The molecule has 0 spiro atoms. The lowest BCUT2D eigenvalue weighted by atomic mass is 10.1. The van der Waals surface area contributed by atoms with Crippen LogP contribution >= 0.6 is 0 Å². The van der Waals surface area contributed by atoms with Gasteiger partial charge in [-0.3, -0.25) is 0 Å². The van der Waals surface area contributed by atoms with Crippen LogP contribution in [0.2, 0.25) is 0 Å². The molecule has 0 bridgehead atoms. The summed E-state index contributed by atoms with van der Waals surface area (Å²) in [5.41, 5.74) is 1.40. The van der Waals surface area contributed by atoms with Crippen LogP contribution in [0.15, 0.2) is 73.3 Å². The fraction of sp³-hybridized carbons (Fsp3) is 0. The maximum Gasteiger partial charge on any atom is 0.145 e. The van der Waals surface area contributed by atoms with E-state index in [0.29, 0.717) is 17.1 Å². The fourth-order valence-electron chi connectivity index (χ4n) is 2.20. The molecule has 100 valence electrons. The number of hydrogen-bond acceptors (Lipinski definition) is 2. The zero-order valence-corrected chi connectivity index (χ0v) is 11.4. The topological polar surface area (TPSA) is 33.0 Å². The van der Waals surface area contributed by atoms with Crippen molar-refractivity contribution >= 4 is 16.5 Å². The van der Waals surface area contributed by atoms with Gasteiger partial charge < -0.3 is 4.74 Å². The minimum atomic E-state index is 0.499. The van der Waals surface area contributed by atoms with E-state index in [2.05, 4.69) is 24.8 Å². The number of para-hydroxylation sites is 1. The van der Waals surface area contributed by atoms with Crippen molar-refractivity contribution in [3.63, 3.8) is 0 Å². The average molecular weight is 271 g/mol. The Kier molecular flexibility index (Phi) is 3.41. The lowest BCUT2D eigenvalue weighted by molar-refractivity contribution is 0.515. The SMILES string of the molecule is C=C(Oc1ccccc1C#N)c1ccc2ccccc2c1. The van der Waals surface area contributed by atoms with E-state index in [-0.39, 0.29) is 0 Å². The molecule has 3 rings (SSSR count). The zero-order valence-electron chi connectivity index (χ0n) is 11.4. The molecular weight excluding hydrogens is 258 g/mol. The van der Waals surface area contributed by atoms with Gasteiger partial charge in [0.15, 0.2) is 0 Å². The molecule has 0 heterocycles. The summed E-state index contributed by atoms with van der Waals surface area (Å²) in [7, 11) is 0. The van der Waals surface area contributed by atoms with Crippen LogP contribution in [0, 0.1) is 11.3 Å². The molecule has 0 saturated heterocycles. The lowest BCUT2D eigenvalue weighted by Gasteiger charge is -2.10. The second kappa shape index (κ2) is 5.52. The van der Waals surface area contributed by atoms with Crippen molar-refractivity contribution in [3.05, 3.63) is 84.4 Å². The lowest BCUT2D eigenvalue weighted by Crippen LogP contribution is -1.95. The Labute approximate surface area is 123 Å². The molecule has 2 nitrogen and oxygen atoms in total. The van der Waals surface area contributed by atoms with Crippen LogP contribution in [0.3, 0.4) is 0 Å². The molecule has 0 aliphatic rings. The van der Waals surface area contributed by atoms with Gasteiger partial charge >= 0.3 is 0 Å². The Morgan fingerprint density at radius 3 is 2.43 bits per heavy atom. The monoisotopic (exact) mass is 271 g/mol. The number of rotatable bonds is 3. The van der Waals surface area contributed by atoms with Gasteiger partial charge in [0.2, 0.25) is 0 Å². The van der Waals surface area contributed by atoms with Crippen molar-refractivity contribution in [3.8, 4) is 11.8 Å². The highest BCUT2D eigenvalue weighted by Crippen LogP contribution is 2.25. The average Bonchev–Trinajstić information content (AvgIpc) is 2.55. The number of fused-ring (bicyclic) bond motifs is 1. The van der Waals surface area contributed by atoms with Crippen molar-refractivity contribution < 1.29 is 4.74 Å². The third-order valence-electron chi connectivity index (χ3n) is 3.31. The summed E-state index contributed by atoms with van der Waals surface area (Å²) in [5, 5.41) is 11.4. The van der Waals surface area contributed by atoms with Crippen LogP contribution in [-0.4, -0.2) is 0 Å². The third kappa shape index (κ3) is 2.63. The second-order valence-corrected chi connectivity index (χ2v) is 4.70. The standard InChI is InChI=1S/C19H13NO/c1-14(21-19-9-5-4-8-18(19)13-20)16-11-10-15-6-2-3-7-17(15)12-16/h2-12H,1H2. The summed E-state index contributed by atoms with van der Waals surface area (Å²) >= 11 is 0. The first-order chi connectivity index (χ1) is 10.3. The first kappa shape index (κ1) is 13.0. The predicted molar refractivity (Wildman–Crippen MR) is 84.8 cm³/mol. The number of benzene rings is 3. The molecule has 21 heavy (non-hydrogen) atoms. The normalized spacial score (nSPS) is 10.0. The van der Waals surface area contributed by atoms with E-state index >= 15 is 0 Å². The number of nitrogens with zero attached hydrogens (tertiary/aromatic N) is 1. The predicted octanol–water partition coefficient (Wildman–Crippen LogP) is 4.76. The van der Waals surface area contributed by atoms with Gasteiger partial charge in [-0.05, 0) is 29.0 Å². The number of ether oxygens (including phenoxy) is 1. The van der Waals surface area contributed by atoms with Crippen molar-refractivity contribution in [1.29, 1.82) is 5.26 Å². The molecule has 0 N–H and O–H groups in total. The molecule has 0 amide bonds. The molecule has 0 aliphatic carbocycles. The third-order valence-corrected chi connectivity index (χ3v) is 3.31. The molecule has 2 heteroatoms. The molecule has 0 aliphatic heterocycles. The maximum absolute atomic E-state index is 9.08. The molecular formula is C19H13NO. The Bertz CT molecular complexity index is 859. The maximum atomic E-state index is 9.08. The van der Waals surface area contributed by atoms with Gasteiger partial charge in [0.05, 0.1) is 5.56 Å². The first-order valence-corrected chi connectivity index (χ1v) is 6.63. The van der Waals surface area contributed by atoms with E-state index in [0.717, 1.165) is 10.9 Å². The molecule has 3 aromatic carbocycles. The largest absolute Gasteiger partial charge is 0.456 e. The van der Waals surface area contributed by atoms with Gasteiger partial charge in [0.1, 0.15) is 17.6 Å². The summed E-state index contributed by atoms with van der Waals surface area (Å²) in [6.07, 6.45) is 0. The van der Waals surface area contributed by atoms with E-state index in [1.54, 1.807) is 12.1 Å². The molecule has 3 aromatic rings. The van der Waals surface area contributed by atoms with Gasteiger partial charge in [-0.15, -0.1) is 0 Å². The Balaban J connectivity index is 1.92. The Hall–Kier alpha value is -3.05. The van der Waals surface area contributed by atoms with Gasteiger partial charge in [0, 0.05) is 5.56 Å². The van der Waals surface area contributed by atoms with Crippen molar-refractivity contribution in [1.82, 2.24) is 0 Å². The molecule has 0 aromatic heterocycles. The number of nitriles is 1. The van der Waals surface area contributed by atoms with Crippen molar-refractivity contribution in [2.75, 3.05) is 0 Å². The molecule has 0 saturated carbocycles. The van der Waals surface area contributed by atoms with Crippen LogP contribution in [0.4, 0.5) is 0 Å². The van der Waals surface area contributed by atoms with Crippen LogP contribution in [0.5, 0.6) is 5.75 Å². The zero-order chi connectivity index (χ0) is 14.7. The van der Waals surface area contributed by atoms with E-state index < -0.39 is 0 Å². The highest BCUT2D eigenvalue weighted by Gasteiger charge is 2.06. The minimum Gasteiger partial charge on any atom is -0.456 e. The molecule has 0 unspecified atom stereocenters. The van der Waals surface area contributed by atoms with Crippen LogP contribution in [0.1, 0.15) is 11.1 Å². The van der Waals surface area contributed by atoms with E-state index in [9.17, 15) is 0 Å². The number of hydrogen-bond donors (Lipinski definition) is 0. The van der Waals surface area contributed by atoms with Crippen LogP contribution < -0.4 is 4.74 Å². The van der Waals surface area contributed by atoms with Gasteiger partial charge in [-0.2, -0.15) is 5.26 Å². The van der Waals surface area contributed by atoms with Gasteiger partial charge in [-0.25, -0.2) is 0 Å². The van der Waals surface area contributed by atoms with Gasteiger partial charge in [0.25, 0.3) is 0 Å². The molecule has 0 radical (unpaired) electrons. The Morgan fingerprint density at radius 1 is 0.905 bits per heavy atom. The summed E-state index contributed by atoms with van der Waals surface area (Å²) < 4.78 is 5.75. The smallest absolute Gasteiger partial charge is 0.145 e. The molecule has 0 fully saturated rings. The quantitative estimate of drug-likeness (QED) is 0.643. The fourth-order valence-corrected chi connectivity index (χ4v) is 2.20. The van der Waals surface area contributed by atoms with Crippen LogP contribution in [0.25, 0.3) is 16.5 Å². The van der Waals surface area contributed by atoms with Gasteiger partial charge in [-0.1, -0.05) is 55.1 Å². The summed E-state index contributed by atoms with van der Waals surface area (Å²) in [4.78, 5) is 0. The highest BCUT2D eigenvalue weighted by molar-refractivity contribution is 5.85. The van der Waals surface area contributed by atoms with E-state index in [1.807, 2.05) is 42.5 Å². The van der Waals surface area contributed by atoms with E-state index in [4.69, 9.17) is 10.00 Å². The highest BCUT2D eigenvalue weighted by atomic mass is 16.5. The Morgan fingerprint density at radius 2 is 1.62 bits per heavy atom. The molecule has 0 atom stereocenters.